The van der Waals surface area contributed by atoms with Crippen LogP contribution in [0, 0.1) is 18.6 Å². The number of imidazole rings is 1. The van der Waals surface area contributed by atoms with E-state index in [1.807, 2.05) is 29.1 Å². The average Bonchev–Trinajstić information content (AvgIpc) is 3.41. The molecule has 0 unspecified atom stereocenters. The van der Waals surface area contributed by atoms with Gasteiger partial charge >= 0.3 is 0 Å². The third-order valence-electron chi connectivity index (χ3n) is 5.86. The molecule has 0 atom stereocenters. The van der Waals surface area contributed by atoms with E-state index in [0.29, 0.717) is 46.8 Å². The number of H-pyrrole nitrogens is 1. The number of fused-ring (bicyclic) bond motifs is 2. The number of anilines is 1. The van der Waals surface area contributed by atoms with E-state index in [1.54, 1.807) is 19.2 Å². The third kappa shape index (κ3) is 3.82. The van der Waals surface area contributed by atoms with Crippen LogP contribution in [0.1, 0.15) is 36.7 Å². The molecule has 0 aliphatic carbocycles. The highest BCUT2D eigenvalue weighted by molar-refractivity contribution is 5.83. The lowest BCUT2D eigenvalue weighted by Gasteiger charge is -2.12. The van der Waals surface area contributed by atoms with Crippen molar-refractivity contribution in [1.82, 2.24) is 24.3 Å². The van der Waals surface area contributed by atoms with Crippen molar-refractivity contribution in [2.45, 2.75) is 33.1 Å². The number of rotatable bonds is 6. The summed E-state index contributed by atoms with van der Waals surface area (Å²) in [5.74, 6) is 0.209. The summed E-state index contributed by atoms with van der Waals surface area (Å²) in [6.45, 7) is 6.34. The van der Waals surface area contributed by atoms with Crippen molar-refractivity contribution in [3.63, 3.8) is 0 Å². The first-order chi connectivity index (χ1) is 15.9. The minimum absolute atomic E-state index is 0.241. The van der Waals surface area contributed by atoms with Crippen molar-refractivity contribution in [3.05, 3.63) is 77.6 Å². The molecule has 0 saturated carbocycles. The highest BCUT2D eigenvalue weighted by Gasteiger charge is 2.16. The van der Waals surface area contributed by atoms with Crippen molar-refractivity contribution < 1.29 is 8.78 Å². The van der Waals surface area contributed by atoms with Gasteiger partial charge in [0, 0.05) is 53.5 Å². The Bertz CT molecular complexity index is 1470. The average molecular weight is 447 g/mol. The number of nitrogens with zero attached hydrogens (tertiary/aromatic N) is 4. The fourth-order valence-electron chi connectivity index (χ4n) is 4.06. The van der Waals surface area contributed by atoms with E-state index in [0.717, 1.165) is 16.8 Å². The Morgan fingerprint density at radius 3 is 2.76 bits per heavy atom. The maximum absolute atomic E-state index is 14.3. The molecule has 0 spiro atoms. The summed E-state index contributed by atoms with van der Waals surface area (Å²) in [6.07, 6.45) is 7.75. The Balaban J connectivity index is 1.50. The van der Waals surface area contributed by atoms with Crippen LogP contribution in [0.25, 0.3) is 27.8 Å². The van der Waals surface area contributed by atoms with Gasteiger partial charge in [-0.2, -0.15) is 0 Å². The molecule has 0 radical (unpaired) electrons. The largest absolute Gasteiger partial charge is 0.367 e. The Labute approximate surface area is 189 Å². The number of hydrogen-bond acceptors (Lipinski definition) is 4. The summed E-state index contributed by atoms with van der Waals surface area (Å²) >= 11 is 0. The summed E-state index contributed by atoms with van der Waals surface area (Å²) in [5, 5.41) is 3.96. The molecule has 1 aromatic carbocycles. The number of benzene rings is 1. The van der Waals surface area contributed by atoms with Gasteiger partial charge in [-0.15, -0.1) is 0 Å². The zero-order valence-electron chi connectivity index (χ0n) is 18.7. The maximum Gasteiger partial charge on any atom is 0.180 e. The van der Waals surface area contributed by atoms with Crippen molar-refractivity contribution in [2.24, 2.45) is 0 Å². The van der Waals surface area contributed by atoms with Crippen LogP contribution >= 0.6 is 0 Å². The van der Waals surface area contributed by atoms with E-state index in [-0.39, 0.29) is 17.6 Å². The molecule has 0 fully saturated rings. The lowest BCUT2D eigenvalue weighted by Crippen LogP contribution is -2.09. The number of aromatic amines is 1. The Kier molecular flexibility index (Phi) is 5.28. The van der Waals surface area contributed by atoms with Gasteiger partial charge in [-0.1, -0.05) is 19.9 Å². The molecular formula is C25H24F2N6. The van der Waals surface area contributed by atoms with Crippen molar-refractivity contribution in [3.8, 4) is 11.3 Å². The topological polar surface area (TPSA) is 70.9 Å². The highest BCUT2D eigenvalue weighted by atomic mass is 19.1. The molecule has 6 nitrogen and oxygen atoms in total. The highest BCUT2D eigenvalue weighted by Crippen LogP contribution is 2.27. The number of aryl methyl sites for hydroxylation is 1. The molecule has 0 aliphatic heterocycles. The quantitative estimate of drug-likeness (QED) is 0.354. The second kappa shape index (κ2) is 8.27. The molecule has 0 aliphatic rings. The third-order valence-corrected chi connectivity index (χ3v) is 5.86. The standard InChI is InChI=1S/C25H24F2N6/c1-14(2)22-12-31-25-24(28-8-7-16-10-30-20-6-4-5-18(26)23(16)20)32-21(13-33(22)25)17-9-19(27)15(3)29-11-17/h4-6,9-14,30H,7-8H2,1-3H3,(H,28,32). The van der Waals surface area contributed by atoms with Gasteiger partial charge < -0.3 is 10.3 Å². The molecule has 8 heteroatoms. The van der Waals surface area contributed by atoms with Crippen molar-refractivity contribution in [2.75, 3.05) is 11.9 Å². The first kappa shape index (κ1) is 21.1. The number of aromatic nitrogens is 5. The maximum atomic E-state index is 14.3. The first-order valence-corrected chi connectivity index (χ1v) is 10.9. The monoisotopic (exact) mass is 446 g/mol. The van der Waals surface area contributed by atoms with Gasteiger partial charge in [0.2, 0.25) is 0 Å². The summed E-state index contributed by atoms with van der Waals surface area (Å²) in [4.78, 5) is 16.6. The van der Waals surface area contributed by atoms with E-state index in [9.17, 15) is 8.78 Å². The SMILES string of the molecule is Cc1ncc(-c2cn3c(C(C)C)cnc3c(NCCc3c[nH]c4cccc(F)c34)n2)cc1F. The van der Waals surface area contributed by atoms with Crippen LogP contribution in [0.4, 0.5) is 14.6 Å². The minimum Gasteiger partial charge on any atom is -0.367 e. The van der Waals surface area contributed by atoms with Gasteiger partial charge in [-0.25, -0.2) is 18.7 Å². The predicted octanol–water partition coefficient (Wildman–Crippen LogP) is 5.64. The molecule has 0 saturated heterocycles. The molecule has 0 bridgehead atoms. The van der Waals surface area contributed by atoms with E-state index in [4.69, 9.17) is 4.98 Å². The fourth-order valence-corrected chi connectivity index (χ4v) is 4.06. The van der Waals surface area contributed by atoms with Gasteiger partial charge in [-0.05, 0) is 43.0 Å². The number of pyridine rings is 1. The Hall–Kier alpha value is -3.81. The van der Waals surface area contributed by atoms with Gasteiger partial charge in [-0.3, -0.25) is 9.38 Å². The van der Waals surface area contributed by atoms with Crippen molar-refractivity contribution in [1.29, 1.82) is 0 Å². The molecule has 4 heterocycles. The lowest BCUT2D eigenvalue weighted by molar-refractivity contribution is 0.610. The fraction of sp³-hybridized carbons (Fsp3) is 0.240. The zero-order valence-corrected chi connectivity index (χ0v) is 18.7. The van der Waals surface area contributed by atoms with Gasteiger partial charge in [0.15, 0.2) is 11.5 Å². The summed E-state index contributed by atoms with van der Waals surface area (Å²) in [7, 11) is 0. The minimum atomic E-state index is -0.375. The van der Waals surface area contributed by atoms with E-state index in [2.05, 4.69) is 34.1 Å². The zero-order chi connectivity index (χ0) is 23.1. The van der Waals surface area contributed by atoms with Crippen LogP contribution in [-0.4, -0.2) is 30.9 Å². The number of halogens is 2. The van der Waals surface area contributed by atoms with Crippen LogP contribution < -0.4 is 5.32 Å². The normalized spacial score (nSPS) is 11.7. The second-order valence-corrected chi connectivity index (χ2v) is 8.45. The predicted molar refractivity (Wildman–Crippen MR) is 125 cm³/mol. The summed E-state index contributed by atoms with van der Waals surface area (Å²) in [6, 6.07) is 6.46. The molecule has 0 amide bonds. The van der Waals surface area contributed by atoms with Crippen LogP contribution in [0.15, 0.2) is 49.1 Å². The number of nitrogens with one attached hydrogen (secondary N) is 2. The molecular weight excluding hydrogens is 422 g/mol. The molecule has 168 valence electrons. The lowest BCUT2D eigenvalue weighted by atomic mass is 10.1. The van der Waals surface area contributed by atoms with E-state index < -0.39 is 0 Å². The van der Waals surface area contributed by atoms with E-state index >= 15 is 0 Å². The Morgan fingerprint density at radius 2 is 1.97 bits per heavy atom. The molecule has 33 heavy (non-hydrogen) atoms. The Morgan fingerprint density at radius 1 is 1.12 bits per heavy atom. The first-order valence-electron chi connectivity index (χ1n) is 10.9. The molecule has 5 aromatic rings. The molecule has 5 rings (SSSR count). The van der Waals surface area contributed by atoms with Crippen molar-refractivity contribution >= 4 is 22.4 Å². The summed E-state index contributed by atoms with van der Waals surface area (Å²) < 4.78 is 30.5. The van der Waals surface area contributed by atoms with Gasteiger partial charge in [0.05, 0.1) is 11.4 Å². The smallest absolute Gasteiger partial charge is 0.180 e. The van der Waals surface area contributed by atoms with Gasteiger partial charge in [0.25, 0.3) is 0 Å². The summed E-state index contributed by atoms with van der Waals surface area (Å²) in [5.41, 5.74) is 4.90. The number of hydrogen-bond donors (Lipinski definition) is 2. The van der Waals surface area contributed by atoms with Crippen LogP contribution in [0.3, 0.4) is 0 Å². The van der Waals surface area contributed by atoms with Gasteiger partial charge in [0.1, 0.15) is 11.6 Å². The van der Waals surface area contributed by atoms with Crippen LogP contribution in [-0.2, 0) is 6.42 Å². The molecule has 2 N–H and O–H groups in total. The van der Waals surface area contributed by atoms with Crippen LogP contribution in [0.5, 0.6) is 0 Å². The molecule has 4 aromatic heterocycles. The van der Waals surface area contributed by atoms with Crippen LogP contribution in [0.2, 0.25) is 0 Å². The second-order valence-electron chi connectivity index (χ2n) is 8.45. The van der Waals surface area contributed by atoms with E-state index in [1.165, 1.54) is 12.1 Å².